The van der Waals surface area contributed by atoms with Crippen molar-refractivity contribution < 1.29 is 19.1 Å². The first kappa shape index (κ1) is 23.7. The number of carbonyl (C=O) groups is 3. The average molecular weight is 499 g/mol. The van der Waals surface area contributed by atoms with Gasteiger partial charge >= 0.3 is 5.97 Å². The number of benzene rings is 3. The monoisotopic (exact) mass is 498 g/mol. The molecular weight excluding hydrogens is 476 g/mol. The second-order valence-corrected chi connectivity index (χ2v) is 9.08. The molecule has 1 N–H and O–H groups in total. The molecule has 0 spiro atoms. The number of rotatable bonds is 6. The molecule has 180 valence electrons. The van der Waals surface area contributed by atoms with Crippen LogP contribution >= 0.6 is 11.6 Å². The fourth-order valence-electron chi connectivity index (χ4n) is 4.55. The number of esters is 1. The van der Waals surface area contributed by atoms with Gasteiger partial charge in [0.05, 0.1) is 16.8 Å². The Hall–Kier alpha value is -4.03. The van der Waals surface area contributed by atoms with Gasteiger partial charge < -0.3 is 10.1 Å². The Morgan fingerprint density at radius 3 is 2.50 bits per heavy atom. The van der Waals surface area contributed by atoms with Crippen molar-refractivity contribution >= 4 is 45.9 Å². The van der Waals surface area contributed by atoms with Gasteiger partial charge in [-0.05, 0) is 55.5 Å². The Bertz CT molecular complexity index is 1480. The molecule has 0 saturated heterocycles. The molecule has 6 nitrogen and oxygen atoms in total. The SMILES string of the molecule is O=C(COC(=O)c1c2c(nc3ccccc13)CCCC2)Nc1ccc(Cl)cc1C(=O)c1ccccc1. The number of carbonyl (C=O) groups excluding carboxylic acids is 3. The van der Waals surface area contributed by atoms with E-state index in [2.05, 4.69) is 5.32 Å². The molecule has 0 atom stereocenters. The van der Waals surface area contributed by atoms with Crippen LogP contribution < -0.4 is 5.32 Å². The van der Waals surface area contributed by atoms with Crippen LogP contribution in [-0.4, -0.2) is 29.3 Å². The van der Waals surface area contributed by atoms with Gasteiger partial charge in [-0.3, -0.25) is 14.6 Å². The zero-order chi connectivity index (χ0) is 25.1. The zero-order valence-electron chi connectivity index (χ0n) is 19.4. The van der Waals surface area contributed by atoms with Crippen LogP contribution in [0, 0.1) is 0 Å². The number of amides is 1. The Kier molecular flexibility index (Phi) is 6.78. The number of hydrogen-bond acceptors (Lipinski definition) is 5. The van der Waals surface area contributed by atoms with Gasteiger partial charge in [0.25, 0.3) is 5.91 Å². The first-order chi connectivity index (χ1) is 17.5. The zero-order valence-corrected chi connectivity index (χ0v) is 20.2. The second-order valence-electron chi connectivity index (χ2n) is 8.65. The standard InChI is InChI=1S/C29H23ClN2O4/c30-19-14-15-25(22(16-19)28(34)18-8-2-1-3-9-18)32-26(33)17-36-29(35)27-20-10-4-6-12-23(20)31-24-13-7-5-11-21(24)27/h1-4,6,8-10,12,14-16H,5,7,11,13,17H2,(H,32,33). The highest BCUT2D eigenvalue weighted by Crippen LogP contribution is 2.30. The molecule has 0 aliphatic heterocycles. The minimum atomic E-state index is -0.557. The molecule has 1 amide bonds. The molecule has 0 unspecified atom stereocenters. The highest BCUT2D eigenvalue weighted by molar-refractivity contribution is 6.31. The van der Waals surface area contributed by atoms with Crippen molar-refractivity contribution in [1.82, 2.24) is 4.98 Å². The molecule has 5 rings (SSSR count). The topological polar surface area (TPSA) is 85.4 Å². The first-order valence-electron chi connectivity index (χ1n) is 11.8. The molecule has 1 aliphatic carbocycles. The summed E-state index contributed by atoms with van der Waals surface area (Å²) in [5.74, 6) is -1.39. The van der Waals surface area contributed by atoms with E-state index >= 15 is 0 Å². The second kappa shape index (κ2) is 10.3. The predicted molar refractivity (Wildman–Crippen MR) is 139 cm³/mol. The minimum Gasteiger partial charge on any atom is -0.452 e. The molecule has 0 radical (unpaired) electrons. The molecule has 1 aromatic heterocycles. The number of nitrogens with one attached hydrogen (secondary N) is 1. The fourth-order valence-corrected chi connectivity index (χ4v) is 4.73. The number of ether oxygens (including phenoxy) is 1. The van der Waals surface area contributed by atoms with Crippen molar-refractivity contribution in [3.05, 3.63) is 106 Å². The number of ketones is 1. The van der Waals surface area contributed by atoms with E-state index in [0.717, 1.165) is 47.8 Å². The van der Waals surface area contributed by atoms with Crippen molar-refractivity contribution in [2.24, 2.45) is 0 Å². The van der Waals surface area contributed by atoms with Gasteiger partial charge in [0.15, 0.2) is 12.4 Å². The third-order valence-corrected chi connectivity index (χ3v) is 6.48. The van der Waals surface area contributed by atoms with Crippen LogP contribution in [0.4, 0.5) is 5.69 Å². The number of halogens is 1. The Morgan fingerprint density at radius 1 is 0.917 bits per heavy atom. The Morgan fingerprint density at radius 2 is 1.67 bits per heavy atom. The maximum atomic E-state index is 13.2. The van der Waals surface area contributed by atoms with Crippen LogP contribution in [0.2, 0.25) is 5.02 Å². The summed E-state index contributed by atoms with van der Waals surface area (Å²) in [6.07, 6.45) is 3.57. The van der Waals surface area contributed by atoms with E-state index in [9.17, 15) is 14.4 Å². The number of hydrogen-bond donors (Lipinski definition) is 1. The summed E-state index contributed by atoms with van der Waals surface area (Å²) in [7, 11) is 0. The Labute approximate surface area is 213 Å². The van der Waals surface area contributed by atoms with Crippen LogP contribution in [0.25, 0.3) is 10.9 Å². The number of aryl methyl sites for hydroxylation is 1. The third-order valence-electron chi connectivity index (χ3n) is 6.24. The lowest BCUT2D eigenvalue weighted by atomic mass is 9.90. The summed E-state index contributed by atoms with van der Waals surface area (Å²) >= 11 is 6.12. The summed E-state index contributed by atoms with van der Waals surface area (Å²) in [5, 5.41) is 3.77. The highest BCUT2D eigenvalue weighted by Gasteiger charge is 2.24. The lowest BCUT2D eigenvalue weighted by molar-refractivity contribution is -0.119. The summed E-state index contributed by atoms with van der Waals surface area (Å²) in [6.45, 7) is -0.494. The number of aromatic nitrogens is 1. The molecule has 4 aromatic rings. The van der Waals surface area contributed by atoms with E-state index in [1.165, 1.54) is 6.07 Å². The number of nitrogens with zero attached hydrogens (tertiary/aromatic N) is 1. The van der Waals surface area contributed by atoms with Crippen molar-refractivity contribution in [3.8, 4) is 0 Å². The van der Waals surface area contributed by atoms with Crippen LogP contribution in [0.1, 0.15) is 50.4 Å². The van der Waals surface area contributed by atoms with Gasteiger partial charge in [-0.15, -0.1) is 0 Å². The fraction of sp³-hybridized carbons (Fsp3) is 0.172. The Balaban J connectivity index is 1.35. The van der Waals surface area contributed by atoms with Crippen molar-refractivity contribution in [3.63, 3.8) is 0 Å². The van der Waals surface area contributed by atoms with Crippen molar-refractivity contribution in [1.29, 1.82) is 0 Å². The quantitative estimate of drug-likeness (QED) is 0.268. The molecule has 7 heteroatoms. The lowest BCUT2D eigenvalue weighted by Crippen LogP contribution is -2.23. The van der Waals surface area contributed by atoms with Gasteiger partial charge in [-0.25, -0.2) is 4.79 Å². The molecule has 1 heterocycles. The number of fused-ring (bicyclic) bond motifs is 2. The van der Waals surface area contributed by atoms with Gasteiger partial charge in [0, 0.05) is 27.2 Å². The van der Waals surface area contributed by atoms with Crippen molar-refractivity contribution in [2.45, 2.75) is 25.7 Å². The largest absolute Gasteiger partial charge is 0.452 e. The number of anilines is 1. The summed E-state index contributed by atoms with van der Waals surface area (Å²) < 4.78 is 5.46. The van der Waals surface area contributed by atoms with E-state index < -0.39 is 18.5 Å². The normalized spacial score (nSPS) is 12.6. The third kappa shape index (κ3) is 4.86. The van der Waals surface area contributed by atoms with E-state index in [4.69, 9.17) is 21.3 Å². The molecule has 0 bridgehead atoms. The van der Waals surface area contributed by atoms with E-state index in [0.29, 0.717) is 21.8 Å². The van der Waals surface area contributed by atoms with Crippen molar-refractivity contribution in [2.75, 3.05) is 11.9 Å². The first-order valence-corrected chi connectivity index (χ1v) is 12.2. The summed E-state index contributed by atoms with van der Waals surface area (Å²) in [4.78, 5) is 43.7. The molecule has 0 fully saturated rings. The molecule has 3 aromatic carbocycles. The molecule has 0 saturated carbocycles. The van der Waals surface area contributed by atoms with Crippen LogP contribution in [0.5, 0.6) is 0 Å². The van der Waals surface area contributed by atoms with Crippen LogP contribution in [0.15, 0.2) is 72.8 Å². The van der Waals surface area contributed by atoms with E-state index in [-0.39, 0.29) is 11.3 Å². The smallest absolute Gasteiger partial charge is 0.339 e. The van der Waals surface area contributed by atoms with E-state index in [1.807, 2.05) is 30.3 Å². The highest BCUT2D eigenvalue weighted by atomic mass is 35.5. The molecule has 36 heavy (non-hydrogen) atoms. The predicted octanol–water partition coefficient (Wildman–Crippen LogP) is 5.79. The lowest BCUT2D eigenvalue weighted by Gasteiger charge is -2.20. The molecule has 1 aliphatic rings. The number of pyridine rings is 1. The van der Waals surface area contributed by atoms with Gasteiger partial charge in [-0.2, -0.15) is 0 Å². The van der Waals surface area contributed by atoms with Gasteiger partial charge in [-0.1, -0.05) is 60.1 Å². The average Bonchev–Trinajstić information content (AvgIpc) is 2.91. The van der Waals surface area contributed by atoms with Crippen LogP contribution in [-0.2, 0) is 22.4 Å². The number of para-hydroxylation sites is 1. The van der Waals surface area contributed by atoms with Crippen LogP contribution in [0.3, 0.4) is 0 Å². The molecular formula is C29H23ClN2O4. The van der Waals surface area contributed by atoms with Gasteiger partial charge in [0.1, 0.15) is 0 Å². The van der Waals surface area contributed by atoms with Gasteiger partial charge in [0.2, 0.25) is 0 Å². The summed E-state index contributed by atoms with van der Waals surface area (Å²) in [5.41, 5.74) is 4.05. The van der Waals surface area contributed by atoms with E-state index in [1.54, 1.807) is 36.4 Å². The maximum absolute atomic E-state index is 13.2. The maximum Gasteiger partial charge on any atom is 0.339 e. The summed E-state index contributed by atoms with van der Waals surface area (Å²) in [6, 6.07) is 20.8. The minimum absolute atomic E-state index is 0.252.